The summed E-state index contributed by atoms with van der Waals surface area (Å²) in [5.74, 6) is -0.109. The Labute approximate surface area is 191 Å². The van der Waals surface area contributed by atoms with E-state index in [2.05, 4.69) is 5.10 Å². The molecule has 2 heterocycles. The molecular weight excluding hydrogens is 402 g/mol. The Balaban J connectivity index is 1.70. The van der Waals surface area contributed by atoms with Crippen LogP contribution in [0.3, 0.4) is 0 Å². The van der Waals surface area contributed by atoms with E-state index < -0.39 is 5.41 Å². The van der Waals surface area contributed by atoms with Crippen molar-refractivity contribution in [1.29, 1.82) is 0 Å². The quantitative estimate of drug-likeness (QED) is 0.580. The molecule has 0 bridgehead atoms. The fraction of sp³-hybridized carbons (Fsp3) is 0.500. The molecular formula is C26H35N3O3. The Hall–Kier alpha value is -2.89. The van der Waals surface area contributed by atoms with Crippen LogP contribution in [0.25, 0.3) is 6.08 Å². The number of hydrogen-bond acceptors (Lipinski definition) is 4. The molecule has 0 aliphatic carbocycles. The number of likely N-dealkylation sites (tertiary alicyclic amines) is 1. The number of rotatable bonds is 8. The Bertz CT molecular complexity index is 964. The fourth-order valence-corrected chi connectivity index (χ4v) is 4.60. The van der Waals surface area contributed by atoms with E-state index in [0.717, 1.165) is 35.4 Å². The summed E-state index contributed by atoms with van der Waals surface area (Å²) in [7, 11) is 1.93. The van der Waals surface area contributed by atoms with Crippen molar-refractivity contribution in [2.75, 3.05) is 19.7 Å². The molecule has 1 fully saturated rings. The zero-order valence-corrected chi connectivity index (χ0v) is 19.8. The predicted octanol–water partition coefficient (Wildman–Crippen LogP) is 4.24. The monoisotopic (exact) mass is 437 g/mol. The third-order valence-corrected chi connectivity index (χ3v) is 6.50. The Morgan fingerprint density at radius 2 is 1.97 bits per heavy atom. The highest BCUT2D eigenvalue weighted by Gasteiger charge is 2.43. The van der Waals surface area contributed by atoms with Crippen molar-refractivity contribution in [1.82, 2.24) is 14.7 Å². The predicted molar refractivity (Wildman–Crippen MR) is 126 cm³/mol. The number of piperidine rings is 1. The SMILES string of the molecule is CCOC(=O)[C@@]1(C/C=C/c2ccccc2)CCCN(C(=O)CCc2c(C)nn(C)c2C)C1. The van der Waals surface area contributed by atoms with Gasteiger partial charge in [-0.05, 0) is 57.6 Å². The van der Waals surface area contributed by atoms with Gasteiger partial charge in [0.15, 0.2) is 0 Å². The molecule has 6 nitrogen and oxygen atoms in total. The van der Waals surface area contributed by atoms with Crippen molar-refractivity contribution in [2.45, 2.75) is 52.9 Å². The first-order chi connectivity index (χ1) is 15.4. The Morgan fingerprint density at radius 3 is 2.62 bits per heavy atom. The van der Waals surface area contributed by atoms with Crippen molar-refractivity contribution in [3.05, 3.63) is 58.9 Å². The van der Waals surface area contributed by atoms with Crippen LogP contribution in [0.5, 0.6) is 0 Å². The van der Waals surface area contributed by atoms with Gasteiger partial charge in [0.2, 0.25) is 5.91 Å². The minimum absolute atomic E-state index is 0.0908. The number of esters is 1. The van der Waals surface area contributed by atoms with Gasteiger partial charge >= 0.3 is 5.97 Å². The molecule has 0 spiro atoms. The minimum atomic E-state index is -0.685. The maximum absolute atomic E-state index is 13.1. The number of amides is 1. The lowest BCUT2D eigenvalue weighted by atomic mass is 9.76. The zero-order chi connectivity index (χ0) is 23.1. The molecule has 0 radical (unpaired) electrons. The maximum Gasteiger partial charge on any atom is 0.314 e. The molecule has 0 N–H and O–H groups in total. The summed E-state index contributed by atoms with van der Waals surface area (Å²) in [6, 6.07) is 10.0. The van der Waals surface area contributed by atoms with Gasteiger partial charge in [-0.15, -0.1) is 0 Å². The summed E-state index contributed by atoms with van der Waals surface area (Å²) >= 11 is 0. The van der Waals surface area contributed by atoms with Gasteiger partial charge < -0.3 is 9.64 Å². The topological polar surface area (TPSA) is 64.4 Å². The van der Waals surface area contributed by atoms with E-state index in [4.69, 9.17) is 4.74 Å². The van der Waals surface area contributed by atoms with Gasteiger partial charge in [-0.3, -0.25) is 14.3 Å². The number of carbonyl (C=O) groups is 2. The first-order valence-corrected chi connectivity index (χ1v) is 11.5. The van der Waals surface area contributed by atoms with Crippen LogP contribution in [0.1, 0.15) is 55.1 Å². The molecule has 1 aliphatic heterocycles. The van der Waals surface area contributed by atoms with Gasteiger partial charge in [-0.2, -0.15) is 5.10 Å². The highest BCUT2D eigenvalue weighted by Crippen LogP contribution is 2.36. The first-order valence-electron chi connectivity index (χ1n) is 11.5. The molecule has 1 amide bonds. The normalized spacial score (nSPS) is 18.8. The number of allylic oxidation sites excluding steroid dienone is 1. The standard InChI is InChI=1S/C26H35N3O3/c1-5-32-25(31)26(16-9-13-22-11-7-6-8-12-22)17-10-18-29(19-26)24(30)15-14-23-20(2)27-28(4)21(23)3/h6-9,11-13H,5,10,14-19H2,1-4H3/b13-9+/t26-/m0/s1. The number of benzene rings is 1. The van der Waals surface area contributed by atoms with Crippen LogP contribution in [0, 0.1) is 19.3 Å². The summed E-state index contributed by atoms with van der Waals surface area (Å²) in [5, 5.41) is 4.45. The summed E-state index contributed by atoms with van der Waals surface area (Å²) in [5.41, 5.74) is 3.62. The highest BCUT2D eigenvalue weighted by molar-refractivity contribution is 5.81. The van der Waals surface area contributed by atoms with E-state index >= 15 is 0 Å². The second kappa shape index (κ2) is 10.6. The molecule has 2 aromatic rings. The van der Waals surface area contributed by atoms with Crippen molar-refractivity contribution in [3.8, 4) is 0 Å². The minimum Gasteiger partial charge on any atom is -0.466 e. The number of nitrogens with zero attached hydrogens (tertiary/aromatic N) is 3. The van der Waals surface area contributed by atoms with E-state index in [1.165, 1.54) is 0 Å². The van der Waals surface area contributed by atoms with Crippen molar-refractivity contribution >= 4 is 18.0 Å². The van der Waals surface area contributed by atoms with E-state index in [1.54, 1.807) is 0 Å². The molecule has 0 unspecified atom stereocenters. The lowest BCUT2D eigenvalue weighted by Gasteiger charge is -2.40. The molecule has 1 aromatic carbocycles. The summed E-state index contributed by atoms with van der Waals surface area (Å²) in [4.78, 5) is 27.9. The van der Waals surface area contributed by atoms with Crippen LogP contribution in [0.2, 0.25) is 0 Å². The van der Waals surface area contributed by atoms with Crippen molar-refractivity contribution in [2.24, 2.45) is 12.5 Å². The molecule has 1 aromatic heterocycles. The molecule has 6 heteroatoms. The van der Waals surface area contributed by atoms with E-state index in [1.807, 2.05) is 79.9 Å². The van der Waals surface area contributed by atoms with Crippen LogP contribution in [-0.4, -0.2) is 46.3 Å². The third-order valence-electron chi connectivity index (χ3n) is 6.50. The molecule has 1 saturated heterocycles. The highest BCUT2D eigenvalue weighted by atomic mass is 16.5. The van der Waals surface area contributed by atoms with Gasteiger partial charge in [0.1, 0.15) is 0 Å². The molecule has 1 atom stereocenters. The van der Waals surface area contributed by atoms with E-state index in [0.29, 0.717) is 39.0 Å². The van der Waals surface area contributed by atoms with E-state index in [-0.39, 0.29) is 11.9 Å². The van der Waals surface area contributed by atoms with Gasteiger partial charge in [0, 0.05) is 32.3 Å². The average Bonchev–Trinajstić information content (AvgIpc) is 3.04. The lowest BCUT2D eigenvalue weighted by Crippen LogP contribution is -2.50. The molecule has 0 saturated carbocycles. The fourth-order valence-electron chi connectivity index (χ4n) is 4.60. The van der Waals surface area contributed by atoms with Crippen molar-refractivity contribution < 1.29 is 14.3 Å². The lowest BCUT2D eigenvalue weighted by molar-refractivity contribution is -0.160. The zero-order valence-electron chi connectivity index (χ0n) is 19.8. The number of ether oxygens (including phenoxy) is 1. The summed E-state index contributed by atoms with van der Waals surface area (Å²) in [6.07, 6.45) is 7.27. The number of aryl methyl sites for hydroxylation is 2. The van der Waals surface area contributed by atoms with Gasteiger partial charge in [0.05, 0.1) is 17.7 Å². The van der Waals surface area contributed by atoms with Crippen LogP contribution >= 0.6 is 0 Å². The van der Waals surface area contributed by atoms with Crippen LogP contribution < -0.4 is 0 Å². The second-order valence-electron chi connectivity index (χ2n) is 8.71. The van der Waals surface area contributed by atoms with Crippen LogP contribution in [0.15, 0.2) is 36.4 Å². The van der Waals surface area contributed by atoms with E-state index in [9.17, 15) is 9.59 Å². The van der Waals surface area contributed by atoms with Crippen LogP contribution in [-0.2, 0) is 27.8 Å². The first kappa shape index (κ1) is 23.8. The third kappa shape index (κ3) is 5.47. The Morgan fingerprint density at radius 1 is 1.22 bits per heavy atom. The second-order valence-corrected chi connectivity index (χ2v) is 8.71. The smallest absolute Gasteiger partial charge is 0.314 e. The van der Waals surface area contributed by atoms with Crippen LogP contribution in [0.4, 0.5) is 0 Å². The number of hydrogen-bond donors (Lipinski definition) is 0. The van der Waals surface area contributed by atoms with Gasteiger partial charge in [-0.25, -0.2) is 0 Å². The number of carbonyl (C=O) groups excluding carboxylic acids is 2. The maximum atomic E-state index is 13.1. The molecule has 3 rings (SSSR count). The molecule has 172 valence electrons. The summed E-state index contributed by atoms with van der Waals surface area (Å²) in [6.45, 7) is 7.29. The average molecular weight is 438 g/mol. The van der Waals surface area contributed by atoms with Gasteiger partial charge in [-0.1, -0.05) is 42.5 Å². The number of aromatic nitrogens is 2. The Kier molecular flexibility index (Phi) is 7.89. The largest absolute Gasteiger partial charge is 0.466 e. The van der Waals surface area contributed by atoms with Gasteiger partial charge in [0.25, 0.3) is 0 Å². The summed E-state index contributed by atoms with van der Waals surface area (Å²) < 4.78 is 7.32. The molecule has 1 aliphatic rings. The van der Waals surface area contributed by atoms with Crippen molar-refractivity contribution in [3.63, 3.8) is 0 Å². The molecule has 32 heavy (non-hydrogen) atoms.